The van der Waals surface area contributed by atoms with Crippen molar-refractivity contribution in [2.45, 2.75) is 0 Å². The molecule has 1 nitrogen and oxygen atoms in total. The highest BCUT2D eigenvalue weighted by Gasteiger charge is 1.72. The van der Waals surface area contributed by atoms with Gasteiger partial charge in [-0.15, -0.1) is 12.6 Å². The molecule has 0 spiro atoms. The molecule has 0 heterocycles. The molecule has 0 saturated carbocycles. The fourth-order valence-electron chi connectivity index (χ4n) is 0.0504. The monoisotopic (exact) mass is 137 g/mol. The van der Waals surface area contributed by atoms with Crippen molar-refractivity contribution < 1.29 is 0 Å². The fourth-order valence-corrected chi connectivity index (χ4v) is 0.454. The third kappa shape index (κ3) is 4.33. The lowest BCUT2D eigenvalue weighted by Crippen LogP contribution is -2.10. The third-order valence-electron chi connectivity index (χ3n) is 0.182. The van der Waals surface area contributed by atoms with Crippen LogP contribution in [-0.2, 0) is 0 Å². The van der Waals surface area contributed by atoms with Crippen molar-refractivity contribution in [2.75, 3.05) is 0 Å². The van der Waals surface area contributed by atoms with Crippen molar-refractivity contribution in [1.82, 2.24) is 5.32 Å². The van der Waals surface area contributed by atoms with Gasteiger partial charge < -0.3 is 5.32 Å². The first-order chi connectivity index (χ1) is 2.77. The van der Waals surface area contributed by atoms with Crippen molar-refractivity contribution in [3.63, 3.8) is 0 Å². The SMILES string of the molecule is S=CNC(=S)S. The summed E-state index contributed by atoms with van der Waals surface area (Å²) in [6, 6.07) is 0. The van der Waals surface area contributed by atoms with Gasteiger partial charge in [0.15, 0.2) is 0 Å². The van der Waals surface area contributed by atoms with E-state index in [1.54, 1.807) is 0 Å². The van der Waals surface area contributed by atoms with E-state index in [2.05, 4.69) is 42.4 Å². The molecule has 0 atom stereocenters. The van der Waals surface area contributed by atoms with Crippen molar-refractivity contribution in [3.8, 4) is 0 Å². The predicted molar refractivity (Wildman–Crippen MR) is 38.4 cm³/mol. The molecule has 0 aromatic carbocycles. The van der Waals surface area contributed by atoms with E-state index in [4.69, 9.17) is 0 Å². The summed E-state index contributed by atoms with van der Waals surface area (Å²) >= 11 is 12.5. The van der Waals surface area contributed by atoms with Crippen LogP contribution in [0.3, 0.4) is 0 Å². The second-order valence-electron chi connectivity index (χ2n) is 0.567. The topological polar surface area (TPSA) is 12.0 Å². The molecule has 0 unspecified atom stereocenters. The van der Waals surface area contributed by atoms with Crippen molar-refractivity contribution in [2.24, 2.45) is 0 Å². The van der Waals surface area contributed by atoms with Gasteiger partial charge in [0, 0.05) is 0 Å². The largest absolute Gasteiger partial charge is 0.339 e. The zero-order chi connectivity index (χ0) is 4.99. The van der Waals surface area contributed by atoms with Gasteiger partial charge in [0.1, 0.15) is 4.32 Å². The Morgan fingerprint density at radius 2 is 2.33 bits per heavy atom. The number of rotatable bonds is 1. The highest BCUT2D eigenvalue weighted by atomic mass is 32.1. The normalized spacial score (nSPS) is 6.83. The van der Waals surface area contributed by atoms with E-state index in [1.807, 2.05) is 0 Å². The van der Waals surface area contributed by atoms with Crippen LogP contribution in [0.1, 0.15) is 0 Å². The molecule has 0 aromatic rings. The van der Waals surface area contributed by atoms with Crippen LogP contribution in [0.2, 0.25) is 0 Å². The van der Waals surface area contributed by atoms with Crippen molar-refractivity contribution in [1.29, 1.82) is 0 Å². The second-order valence-corrected chi connectivity index (χ2v) is 1.96. The minimum Gasteiger partial charge on any atom is -0.339 e. The van der Waals surface area contributed by atoms with E-state index in [1.165, 1.54) is 5.49 Å². The van der Waals surface area contributed by atoms with Crippen LogP contribution in [0.15, 0.2) is 0 Å². The van der Waals surface area contributed by atoms with Gasteiger partial charge in [0.05, 0.1) is 5.49 Å². The maximum absolute atomic E-state index is 4.45. The average Bonchev–Trinajstić information content (AvgIpc) is 1.35. The summed E-state index contributed by atoms with van der Waals surface area (Å²) in [5.74, 6) is 0. The van der Waals surface area contributed by atoms with Crippen LogP contribution in [0.25, 0.3) is 0 Å². The van der Waals surface area contributed by atoms with Crippen LogP contribution in [0.5, 0.6) is 0 Å². The van der Waals surface area contributed by atoms with E-state index in [0.717, 1.165) is 0 Å². The third-order valence-corrected chi connectivity index (χ3v) is 0.547. The lowest BCUT2D eigenvalue weighted by Gasteiger charge is -1.84. The maximum Gasteiger partial charge on any atom is 0.135 e. The van der Waals surface area contributed by atoms with Crippen molar-refractivity contribution >= 4 is 46.9 Å². The lowest BCUT2D eigenvalue weighted by molar-refractivity contribution is 1.56. The Labute approximate surface area is 52.5 Å². The van der Waals surface area contributed by atoms with E-state index in [0.29, 0.717) is 4.32 Å². The first kappa shape index (κ1) is 6.33. The molecule has 0 aromatic heterocycles. The number of nitrogens with one attached hydrogen (secondary N) is 1. The van der Waals surface area contributed by atoms with Crippen LogP contribution >= 0.6 is 37.1 Å². The summed E-state index contributed by atoms with van der Waals surface area (Å²) in [5.41, 5.74) is 1.31. The summed E-state index contributed by atoms with van der Waals surface area (Å²) in [7, 11) is 0. The first-order valence-corrected chi connectivity index (χ1v) is 2.53. The van der Waals surface area contributed by atoms with Crippen LogP contribution in [0.4, 0.5) is 0 Å². The Kier molecular flexibility index (Phi) is 3.71. The lowest BCUT2D eigenvalue weighted by atomic mass is 11.2. The Balaban J connectivity index is 3.05. The molecule has 0 bridgehead atoms. The summed E-state index contributed by atoms with van der Waals surface area (Å²) in [6.07, 6.45) is 0. The molecule has 6 heavy (non-hydrogen) atoms. The molecule has 0 fully saturated rings. The Hall–Kier alpha value is 0.330. The van der Waals surface area contributed by atoms with Gasteiger partial charge in [-0.25, -0.2) is 0 Å². The molecular weight excluding hydrogens is 134 g/mol. The van der Waals surface area contributed by atoms with Gasteiger partial charge in [0.25, 0.3) is 0 Å². The molecule has 0 aliphatic heterocycles. The molecule has 1 N–H and O–H groups in total. The Morgan fingerprint density at radius 1 is 1.83 bits per heavy atom. The van der Waals surface area contributed by atoms with Gasteiger partial charge in [-0.3, -0.25) is 0 Å². The molecule has 0 amide bonds. The Bertz CT molecular complexity index is 69.2. The zero-order valence-corrected chi connectivity index (χ0v) is 5.37. The Morgan fingerprint density at radius 3 is 2.33 bits per heavy atom. The zero-order valence-electron chi connectivity index (χ0n) is 2.84. The molecule has 34 valence electrons. The van der Waals surface area contributed by atoms with Crippen molar-refractivity contribution in [3.05, 3.63) is 0 Å². The highest BCUT2D eigenvalue weighted by molar-refractivity contribution is 8.11. The standard InChI is InChI=1S/C2H3NS3/c4-1-3-2(5)6/h1H,(H2,3,4,5,6). The van der Waals surface area contributed by atoms with Crippen LogP contribution in [-0.4, -0.2) is 9.81 Å². The minimum atomic E-state index is 0.407. The molecule has 0 aliphatic rings. The summed E-state index contributed by atoms with van der Waals surface area (Å²) in [6.45, 7) is 0. The summed E-state index contributed by atoms with van der Waals surface area (Å²) in [5, 5.41) is 2.49. The van der Waals surface area contributed by atoms with E-state index in [9.17, 15) is 0 Å². The molecule has 4 heteroatoms. The quantitative estimate of drug-likeness (QED) is 0.409. The molecule has 0 radical (unpaired) electrons. The number of thiol groups is 1. The van der Waals surface area contributed by atoms with E-state index >= 15 is 0 Å². The summed E-state index contributed by atoms with van der Waals surface area (Å²) in [4.78, 5) is 0. The van der Waals surface area contributed by atoms with Gasteiger partial charge in [-0.1, -0.05) is 24.4 Å². The number of thiocarbonyl (C=S) groups is 2. The molecule has 0 saturated heterocycles. The number of hydrogen-bond donors (Lipinski definition) is 2. The predicted octanol–water partition coefficient (Wildman–Crippen LogP) is 0.748. The molecular formula is C2H3NS3. The fraction of sp³-hybridized carbons (Fsp3) is 0. The van der Waals surface area contributed by atoms with Crippen LogP contribution < -0.4 is 5.32 Å². The maximum atomic E-state index is 4.45. The van der Waals surface area contributed by atoms with E-state index < -0.39 is 0 Å². The van der Waals surface area contributed by atoms with Gasteiger partial charge in [-0.2, -0.15) is 0 Å². The highest BCUT2D eigenvalue weighted by Crippen LogP contribution is 1.71. The minimum absolute atomic E-state index is 0.407. The first-order valence-electron chi connectivity index (χ1n) is 1.20. The van der Waals surface area contributed by atoms with Crippen LogP contribution in [0, 0.1) is 0 Å². The number of hydrogen-bond acceptors (Lipinski definition) is 2. The van der Waals surface area contributed by atoms with Gasteiger partial charge in [0.2, 0.25) is 0 Å². The van der Waals surface area contributed by atoms with Gasteiger partial charge >= 0.3 is 0 Å². The smallest absolute Gasteiger partial charge is 0.135 e. The molecule has 0 aliphatic carbocycles. The van der Waals surface area contributed by atoms with E-state index in [-0.39, 0.29) is 0 Å². The van der Waals surface area contributed by atoms with Gasteiger partial charge in [-0.05, 0) is 0 Å². The second kappa shape index (κ2) is 3.52. The summed E-state index contributed by atoms with van der Waals surface area (Å²) < 4.78 is 0.407. The molecule has 0 rings (SSSR count). The average molecular weight is 137 g/mol.